The number of aryl methyl sites for hydroxylation is 3. The highest BCUT2D eigenvalue weighted by Crippen LogP contribution is 2.17. The van der Waals surface area contributed by atoms with Crippen LogP contribution in [-0.4, -0.2) is 31.8 Å². The number of benzene rings is 1. The second-order valence-corrected chi connectivity index (χ2v) is 6.67. The summed E-state index contributed by atoms with van der Waals surface area (Å²) in [6.07, 6.45) is 2.08. The molecule has 0 radical (unpaired) electrons. The number of hydrogen-bond donors (Lipinski definition) is 0. The third-order valence-electron chi connectivity index (χ3n) is 4.05. The molecule has 0 saturated heterocycles. The van der Waals surface area contributed by atoms with E-state index >= 15 is 0 Å². The van der Waals surface area contributed by atoms with E-state index in [1.165, 1.54) is 17.3 Å². The molecular formula is C18H20N4O2S. The number of ether oxygens (including phenoxy) is 1. The Labute approximate surface area is 150 Å². The highest BCUT2D eigenvalue weighted by atomic mass is 32.2. The second kappa shape index (κ2) is 7.23. The summed E-state index contributed by atoms with van der Waals surface area (Å²) in [5.74, 6) is 0.272. The zero-order valence-corrected chi connectivity index (χ0v) is 15.6. The van der Waals surface area contributed by atoms with E-state index in [0.717, 1.165) is 22.5 Å². The van der Waals surface area contributed by atoms with Crippen molar-refractivity contribution < 1.29 is 9.53 Å². The van der Waals surface area contributed by atoms with Crippen molar-refractivity contribution in [2.75, 3.05) is 6.26 Å². The van der Waals surface area contributed by atoms with E-state index in [2.05, 4.69) is 15.1 Å². The molecule has 130 valence electrons. The van der Waals surface area contributed by atoms with Crippen LogP contribution in [-0.2, 0) is 22.6 Å². The summed E-state index contributed by atoms with van der Waals surface area (Å²) in [6, 6.07) is 7.94. The van der Waals surface area contributed by atoms with Crippen molar-refractivity contribution in [3.8, 4) is 0 Å². The van der Waals surface area contributed by atoms with Crippen molar-refractivity contribution in [2.24, 2.45) is 0 Å². The van der Waals surface area contributed by atoms with Crippen molar-refractivity contribution in [1.82, 2.24) is 19.6 Å². The van der Waals surface area contributed by atoms with Gasteiger partial charge in [-0.15, -0.1) is 5.10 Å². The average Bonchev–Trinajstić information content (AvgIpc) is 3.01. The highest BCUT2D eigenvalue weighted by molar-refractivity contribution is 7.98. The summed E-state index contributed by atoms with van der Waals surface area (Å²) in [7, 11) is 0. The number of rotatable bonds is 5. The minimum Gasteiger partial charge on any atom is -0.461 e. The average molecular weight is 356 g/mol. The van der Waals surface area contributed by atoms with E-state index in [1.54, 1.807) is 4.52 Å². The van der Waals surface area contributed by atoms with Crippen molar-refractivity contribution in [3.05, 3.63) is 52.3 Å². The van der Waals surface area contributed by atoms with Gasteiger partial charge in [0.05, 0.1) is 6.42 Å². The fourth-order valence-electron chi connectivity index (χ4n) is 2.58. The largest absolute Gasteiger partial charge is 0.461 e. The number of thioether (sulfide) groups is 1. The summed E-state index contributed by atoms with van der Waals surface area (Å²) < 4.78 is 7.09. The zero-order valence-electron chi connectivity index (χ0n) is 14.7. The lowest BCUT2D eigenvalue weighted by Gasteiger charge is -2.10. The number of carbonyl (C=O) groups is 1. The number of nitrogens with zero attached hydrogens (tertiary/aromatic N) is 4. The zero-order chi connectivity index (χ0) is 18.0. The molecule has 3 aromatic rings. The Morgan fingerprint density at radius 2 is 1.88 bits per heavy atom. The van der Waals surface area contributed by atoms with Gasteiger partial charge >= 0.3 is 5.97 Å². The quantitative estimate of drug-likeness (QED) is 0.517. The van der Waals surface area contributed by atoms with Crippen LogP contribution in [0, 0.1) is 20.8 Å². The van der Waals surface area contributed by atoms with Crippen molar-refractivity contribution in [1.29, 1.82) is 0 Å². The molecule has 0 saturated carbocycles. The monoisotopic (exact) mass is 356 g/mol. The Morgan fingerprint density at radius 1 is 1.16 bits per heavy atom. The molecule has 3 rings (SSSR count). The number of aromatic nitrogens is 4. The highest BCUT2D eigenvalue weighted by Gasteiger charge is 2.16. The first-order chi connectivity index (χ1) is 12.0. The molecule has 0 unspecified atom stereocenters. The van der Waals surface area contributed by atoms with Gasteiger partial charge in [-0.3, -0.25) is 4.79 Å². The molecule has 25 heavy (non-hydrogen) atoms. The Hall–Kier alpha value is -2.41. The van der Waals surface area contributed by atoms with Crippen molar-refractivity contribution >= 4 is 23.5 Å². The maximum absolute atomic E-state index is 12.3. The molecule has 7 heteroatoms. The van der Waals surface area contributed by atoms with E-state index < -0.39 is 0 Å². The van der Waals surface area contributed by atoms with Crippen LogP contribution >= 0.6 is 11.8 Å². The molecule has 2 heterocycles. The molecule has 0 amide bonds. The third kappa shape index (κ3) is 3.82. The lowest BCUT2D eigenvalue weighted by Crippen LogP contribution is -2.13. The van der Waals surface area contributed by atoms with Gasteiger partial charge in [0.15, 0.2) is 0 Å². The lowest BCUT2D eigenvalue weighted by molar-refractivity contribution is -0.144. The first kappa shape index (κ1) is 17.4. The summed E-state index contributed by atoms with van der Waals surface area (Å²) in [6.45, 7) is 6.09. The first-order valence-electron chi connectivity index (χ1n) is 7.96. The summed E-state index contributed by atoms with van der Waals surface area (Å²) >= 11 is 1.46. The normalized spacial score (nSPS) is 11.0. The lowest BCUT2D eigenvalue weighted by atomic mass is 10.1. The van der Waals surface area contributed by atoms with Crippen LogP contribution < -0.4 is 0 Å². The first-order valence-corrected chi connectivity index (χ1v) is 9.18. The van der Waals surface area contributed by atoms with Gasteiger partial charge in [-0.05, 0) is 32.6 Å². The van der Waals surface area contributed by atoms with Crippen LogP contribution in [0.2, 0.25) is 0 Å². The summed E-state index contributed by atoms with van der Waals surface area (Å²) in [5.41, 5.74) is 4.62. The Kier molecular flexibility index (Phi) is 5.03. The molecule has 0 aliphatic rings. The molecule has 0 N–H and O–H groups in total. The van der Waals surface area contributed by atoms with Gasteiger partial charge in [0.1, 0.15) is 6.61 Å². The maximum Gasteiger partial charge on any atom is 0.310 e. The smallest absolute Gasteiger partial charge is 0.310 e. The minimum atomic E-state index is -0.280. The molecule has 1 aromatic carbocycles. The number of esters is 1. The number of carbonyl (C=O) groups excluding carboxylic acids is 1. The van der Waals surface area contributed by atoms with E-state index in [0.29, 0.717) is 10.9 Å². The third-order valence-corrected chi connectivity index (χ3v) is 4.59. The molecule has 0 atom stereocenters. The fraction of sp³-hybridized carbons (Fsp3) is 0.333. The van der Waals surface area contributed by atoms with Gasteiger partial charge in [-0.25, -0.2) is 9.50 Å². The Morgan fingerprint density at radius 3 is 2.56 bits per heavy atom. The van der Waals surface area contributed by atoms with Crippen LogP contribution in [0.3, 0.4) is 0 Å². The van der Waals surface area contributed by atoms with Gasteiger partial charge < -0.3 is 4.74 Å². The van der Waals surface area contributed by atoms with Gasteiger partial charge in [0, 0.05) is 17.0 Å². The van der Waals surface area contributed by atoms with Crippen molar-refractivity contribution in [2.45, 2.75) is 39.0 Å². The topological polar surface area (TPSA) is 69.4 Å². The SMILES string of the molecule is CSc1nc2nc(C)c(CC(=O)OCc3ccc(C)cc3)c(C)n2n1. The van der Waals surface area contributed by atoms with Crippen LogP contribution in [0.1, 0.15) is 28.1 Å². The summed E-state index contributed by atoms with van der Waals surface area (Å²) in [5, 5.41) is 5.06. The predicted molar refractivity (Wildman–Crippen MR) is 96.7 cm³/mol. The molecule has 0 aliphatic carbocycles. The number of hydrogen-bond acceptors (Lipinski definition) is 6. The maximum atomic E-state index is 12.3. The Balaban J connectivity index is 1.75. The minimum absolute atomic E-state index is 0.168. The standard InChI is InChI=1S/C18H20N4O2S/c1-11-5-7-14(8-6-11)10-24-16(23)9-15-12(2)19-17-20-18(25-4)21-22(17)13(15)3/h5-8H,9-10H2,1-4H3. The van der Waals surface area contributed by atoms with Gasteiger partial charge in [0.2, 0.25) is 5.16 Å². The Bertz CT molecular complexity index is 919. The molecule has 6 nitrogen and oxygen atoms in total. The van der Waals surface area contributed by atoms with Crippen LogP contribution in [0.5, 0.6) is 0 Å². The molecular weight excluding hydrogens is 336 g/mol. The van der Waals surface area contributed by atoms with E-state index in [-0.39, 0.29) is 19.0 Å². The van der Waals surface area contributed by atoms with Gasteiger partial charge in [-0.1, -0.05) is 41.6 Å². The van der Waals surface area contributed by atoms with Crippen molar-refractivity contribution in [3.63, 3.8) is 0 Å². The molecule has 0 aliphatic heterocycles. The summed E-state index contributed by atoms with van der Waals surface area (Å²) in [4.78, 5) is 21.1. The molecule has 0 fully saturated rings. The second-order valence-electron chi connectivity index (χ2n) is 5.89. The number of fused-ring (bicyclic) bond motifs is 1. The molecule has 2 aromatic heterocycles. The van der Waals surface area contributed by atoms with E-state index in [4.69, 9.17) is 4.74 Å². The van der Waals surface area contributed by atoms with Gasteiger partial charge in [0.25, 0.3) is 5.78 Å². The van der Waals surface area contributed by atoms with E-state index in [1.807, 2.05) is 51.3 Å². The van der Waals surface area contributed by atoms with Crippen LogP contribution in [0.25, 0.3) is 5.78 Å². The van der Waals surface area contributed by atoms with Crippen LogP contribution in [0.15, 0.2) is 29.4 Å². The molecule has 0 bridgehead atoms. The predicted octanol–water partition coefficient (Wildman–Crippen LogP) is 3.06. The molecule has 0 spiro atoms. The van der Waals surface area contributed by atoms with Gasteiger partial charge in [-0.2, -0.15) is 4.98 Å². The van der Waals surface area contributed by atoms with Crippen LogP contribution in [0.4, 0.5) is 0 Å². The van der Waals surface area contributed by atoms with E-state index in [9.17, 15) is 4.79 Å². The fourth-order valence-corrected chi connectivity index (χ4v) is 2.91.